The highest BCUT2D eigenvalue weighted by atomic mass is 35.5. The van der Waals surface area contributed by atoms with Crippen LogP contribution >= 0.6 is 11.6 Å². The number of aryl methyl sites for hydroxylation is 1. The molecule has 16 heavy (non-hydrogen) atoms. The summed E-state index contributed by atoms with van der Waals surface area (Å²) in [5, 5.41) is 0.634. The fourth-order valence-electron chi connectivity index (χ4n) is 2.64. The molecule has 3 heteroatoms. The Morgan fingerprint density at radius 1 is 1.44 bits per heavy atom. The summed E-state index contributed by atoms with van der Waals surface area (Å²) in [6.45, 7) is 6.53. The topological polar surface area (TPSA) is 26.0 Å². The monoisotopic (exact) mass is 241 g/mol. The number of hydrogen-bond acceptors (Lipinski definition) is 1. The normalized spacial score (nSPS) is 26.9. The quantitative estimate of drug-likeness (QED) is 0.844. The molecule has 2 rings (SSSR count). The van der Waals surface area contributed by atoms with Gasteiger partial charge >= 0.3 is 0 Å². The molecule has 0 aromatic heterocycles. The van der Waals surface area contributed by atoms with E-state index in [0.717, 1.165) is 12.0 Å². The van der Waals surface area contributed by atoms with Crippen molar-refractivity contribution < 1.29 is 4.39 Å². The molecule has 0 heterocycles. The molecule has 1 aromatic carbocycles. The molecule has 88 valence electrons. The zero-order valence-electron chi connectivity index (χ0n) is 9.90. The number of nitrogens with two attached hydrogens (primary N) is 1. The number of benzene rings is 1. The van der Waals surface area contributed by atoms with Crippen molar-refractivity contribution >= 4 is 11.6 Å². The Balaban J connectivity index is 2.53. The van der Waals surface area contributed by atoms with Crippen LogP contribution in [-0.2, 0) is 5.41 Å². The molecule has 1 fully saturated rings. The lowest BCUT2D eigenvalue weighted by atomic mass is 9.87. The summed E-state index contributed by atoms with van der Waals surface area (Å²) in [5.74, 6) is -0.199. The third-order valence-corrected chi connectivity index (χ3v) is 4.34. The van der Waals surface area contributed by atoms with Gasteiger partial charge in [-0.15, -0.1) is 0 Å². The van der Waals surface area contributed by atoms with Crippen LogP contribution in [0.1, 0.15) is 31.4 Å². The van der Waals surface area contributed by atoms with E-state index >= 15 is 0 Å². The Kier molecular flexibility index (Phi) is 2.56. The van der Waals surface area contributed by atoms with Gasteiger partial charge in [-0.05, 0) is 42.0 Å². The summed E-state index contributed by atoms with van der Waals surface area (Å²) in [5.41, 5.74) is 7.28. The van der Waals surface area contributed by atoms with E-state index in [1.807, 2.05) is 0 Å². The molecule has 1 aliphatic rings. The molecule has 0 radical (unpaired) electrons. The van der Waals surface area contributed by atoms with E-state index in [-0.39, 0.29) is 16.6 Å². The number of rotatable bonds is 2. The Morgan fingerprint density at radius 2 is 2.00 bits per heavy atom. The molecule has 1 aromatic rings. The molecule has 0 aliphatic heterocycles. The lowest BCUT2D eigenvalue weighted by molar-refractivity contribution is 0.499. The first-order valence-corrected chi connectivity index (χ1v) is 5.88. The molecule has 0 saturated heterocycles. The van der Waals surface area contributed by atoms with Crippen molar-refractivity contribution in [3.63, 3.8) is 0 Å². The van der Waals surface area contributed by atoms with Crippen LogP contribution in [-0.4, -0.2) is 6.54 Å². The third kappa shape index (κ3) is 1.47. The summed E-state index contributed by atoms with van der Waals surface area (Å²) in [6.07, 6.45) is 0.971. The first-order chi connectivity index (χ1) is 7.34. The Labute approximate surface area is 101 Å². The van der Waals surface area contributed by atoms with Gasteiger partial charge in [0.15, 0.2) is 0 Å². The largest absolute Gasteiger partial charge is 0.330 e. The van der Waals surface area contributed by atoms with Crippen LogP contribution in [0, 0.1) is 18.2 Å². The molecule has 1 atom stereocenters. The minimum absolute atomic E-state index is 0.118. The summed E-state index contributed by atoms with van der Waals surface area (Å²) < 4.78 is 13.6. The zero-order valence-corrected chi connectivity index (χ0v) is 10.7. The summed E-state index contributed by atoms with van der Waals surface area (Å²) in [7, 11) is 0. The van der Waals surface area contributed by atoms with Crippen LogP contribution in [0.2, 0.25) is 5.02 Å². The predicted molar refractivity (Wildman–Crippen MR) is 65.3 cm³/mol. The first-order valence-electron chi connectivity index (χ1n) is 5.50. The van der Waals surface area contributed by atoms with E-state index in [4.69, 9.17) is 17.3 Å². The highest BCUT2D eigenvalue weighted by Crippen LogP contribution is 2.64. The van der Waals surface area contributed by atoms with E-state index in [2.05, 4.69) is 13.8 Å². The van der Waals surface area contributed by atoms with Crippen molar-refractivity contribution in [2.75, 3.05) is 6.54 Å². The van der Waals surface area contributed by atoms with Gasteiger partial charge < -0.3 is 5.73 Å². The molecule has 2 N–H and O–H groups in total. The first kappa shape index (κ1) is 11.9. The number of halogens is 2. The van der Waals surface area contributed by atoms with Gasteiger partial charge in [0.2, 0.25) is 0 Å². The second kappa shape index (κ2) is 3.44. The van der Waals surface area contributed by atoms with Crippen LogP contribution < -0.4 is 5.73 Å². The van der Waals surface area contributed by atoms with Crippen LogP contribution in [0.5, 0.6) is 0 Å². The summed E-state index contributed by atoms with van der Waals surface area (Å²) in [4.78, 5) is 0. The van der Waals surface area contributed by atoms with Gasteiger partial charge in [0.1, 0.15) is 5.82 Å². The Bertz CT molecular complexity index is 442. The van der Waals surface area contributed by atoms with Crippen LogP contribution in [0.4, 0.5) is 4.39 Å². The Hall–Kier alpha value is -0.600. The van der Waals surface area contributed by atoms with Gasteiger partial charge in [-0.1, -0.05) is 25.4 Å². The molecule has 0 bridgehead atoms. The Morgan fingerprint density at radius 3 is 2.44 bits per heavy atom. The third-order valence-electron chi connectivity index (χ3n) is 4.03. The summed E-state index contributed by atoms with van der Waals surface area (Å²) in [6, 6.07) is 3.25. The van der Waals surface area contributed by atoms with E-state index < -0.39 is 0 Å². The SMILES string of the molecule is Cc1cc(Cl)c(C2(CN)CC2(C)C)cc1F. The second-order valence-electron chi connectivity index (χ2n) is 5.43. The second-order valence-corrected chi connectivity index (χ2v) is 5.84. The smallest absolute Gasteiger partial charge is 0.126 e. The van der Waals surface area contributed by atoms with Crippen molar-refractivity contribution in [1.82, 2.24) is 0 Å². The van der Waals surface area contributed by atoms with Crippen molar-refractivity contribution in [2.24, 2.45) is 11.1 Å². The fraction of sp³-hybridized carbons (Fsp3) is 0.538. The number of hydrogen-bond donors (Lipinski definition) is 1. The van der Waals surface area contributed by atoms with Crippen molar-refractivity contribution in [3.05, 3.63) is 34.1 Å². The lowest BCUT2D eigenvalue weighted by Gasteiger charge is -2.21. The minimum atomic E-state index is -0.199. The van der Waals surface area contributed by atoms with E-state index in [9.17, 15) is 4.39 Å². The van der Waals surface area contributed by atoms with Gasteiger partial charge in [-0.25, -0.2) is 4.39 Å². The van der Waals surface area contributed by atoms with Gasteiger partial charge in [0, 0.05) is 17.0 Å². The van der Waals surface area contributed by atoms with Crippen molar-refractivity contribution in [2.45, 2.75) is 32.6 Å². The summed E-state index contributed by atoms with van der Waals surface area (Å²) >= 11 is 6.21. The average Bonchev–Trinajstić information content (AvgIpc) is 2.76. The molecule has 1 unspecified atom stereocenters. The van der Waals surface area contributed by atoms with Crippen LogP contribution in [0.3, 0.4) is 0 Å². The van der Waals surface area contributed by atoms with E-state index in [1.165, 1.54) is 0 Å². The molecule has 0 amide bonds. The highest BCUT2D eigenvalue weighted by Gasteiger charge is 2.61. The fourth-order valence-corrected chi connectivity index (χ4v) is 3.04. The van der Waals surface area contributed by atoms with E-state index in [1.54, 1.807) is 19.1 Å². The maximum atomic E-state index is 13.6. The molecular weight excluding hydrogens is 225 g/mol. The predicted octanol–water partition coefficient (Wildman–Crippen LogP) is 3.41. The van der Waals surface area contributed by atoms with Crippen LogP contribution in [0.15, 0.2) is 12.1 Å². The van der Waals surface area contributed by atoms with Crippen molar-refractivity contribution in [3.8, 4) is 0 Å². The standard InChI is InChI=1S/C13H17ClFN/c1-8-4-10(14)9(5-11(8)15)13(7-16)6-12(13,2)3/h4-5H,6-7,16H2,1-3H3. The van der Waals surface area contributed by atoms with E-state index in [0.29, 0.717) is 17.1 Å². The highest BCUT2D eigenvalue weighted by molar-refractivity contribution is 6.31. The molecule has 0 spiro atoms. The van der Waals surface area contributed by atoms with Crippen molar-refractivity contribution in [1.29, 1.82) is 0 Å². The molecule has 1 saturated carbocycles. The molecule has 1 nitrogen and oxygen atoms in total. The average molecular weight is 242 g/mol. The lowest BCUT2D eigenvalue weighted by Crippen LogP contribution is -2.26. The molecular formula is C13H17ClFN. The van der Waals surface area contributed by atoms with Crippen LogP contribution in [0.25, 0.3) is 0 Å². The van der Waals surface area contributed by atoms with Gasteiger partial charge in [-0.3, -0.25) is 0 Å². The zero-order chi connectivity index (χ0) is 12.1. The molecule has 1 aliphatic carbocycles. The maximum absolute atomic E-state index is 13.6. The van der Waals surface area contributed by atoms with Gasteiger partial charge in [0.05, 0.1) is 0 Å². The van der Waals surface area contributed by atoms with Gasteiger partial charge in [0.25, 0.3) is 0 Å². The minimum Gasteiger partial charge on any atom is -0.330 e. The maximum Gasteiger partial charge on any atom is 0.126 e. The van der Waals surface area contributed by atoms with Gasteiger partial charge in [-0.2, -0.15) is 0 Å².